The molecule has 0 aromatic heterocycles. The van der Waals surface area contributed by atoms with Crippen molar-refractivity contribution in [3.05, 3.63) is 121 Å². The lowest BCUT2D eigenvalue weighted by Gasteiger charge is -2.17. The second-order valence-electron chi connectivity index (χ2n) is 9.20. The molecule has 0 aliphatic carbocycles. The van der Waals surface area contributed by atoms with Gasteiger partial charge in [0.25, 0.3) is 11.4 Å². The molecule has 0 saturated carbocycles. The summed E-state index contributed by atoms with van der Waals surface area (Å²) in [4.78, 5) is 31.5. The number of carbonyl (C=O) groups excluding carboxylic acids is 1. The highest BCUT2D eigenvalue weighted by molar-refractivity contribution is 7.87. The molecule has 0 amide bonds. The molecule has 0 N–H and O–H groups in total. The van der Waals surface area contributed by atoms with Gasteiger partial charge in [-0.25, -0.2) is 0 Å². The van der Waals surface area contributed by atoms with E-state index in [2.05, 4.69) is 0 Å². The standard InChI is InChI=1S/C28H22N2O12S2/c1-18-4-3-5-19(2)28(18)40-17-21-15-27(42-44(38,39)25-12-8-23(9-13-25)30(34)35)26(14-20(21)16-31)41-43(36,37)24-10-6-22(7-11-24)29(32)33/h3-16H,17H2,1-2H3. The second kappa shape index (κ2) is 12.5. The Morgan fingerprint density at radius 2 is 1.14 bits per heavy atom. The predicted octanol–water partition coefficient (Wildman–Crippen LogP) is 5.05. The predicted molar refractivity (Wildman–Crippen MR) is 154 cm³/mol. The Balaban J connectivity index is 1.78. The molecule has 0 aliphatic heterocycles. The lowest BCUT2D eigenvalue weighted by Crippen LogP contribution is -2.15. The zero-order chi connectivity index (χ0) is 32.2. The van der Waals surface area contributed by atoms with Gasteiger partial charge in [-0.1, -0.05) is 18.2 Å². The number of nitrogens with zero attached hydrogens (tertiary/aromatic N) is 2. The average Bonchev–Trinajstić information content (AvgIpc) is 2.97. The number of rotatable bonds is 12. The molecule has 0 heterocycles. The minimum Gasteiger partial charge on any atom is -0.488 e. The normalized spacial score (nSPS) is 11.4. The Morgan fingerprint density at radius 3 is 1.55 bits per heavy atom. The van der Waals surface area contributed by atoms with Crippen LogP contribution in [-0.4, -0.2) is 33.0 Å². The summed E-state index contributed by atoms with van der Waals surface area (Å²) in [6, 6.07) is 14.8. The summed E-state index contributed by atoms with van der Waals surface area (Å²) < 4.78 is 68.7. The highest BCUT2D eigenvalue weighted by atomic mass is 32.2. The van der Waals surface area contributed by atoms with E-state index in [-0.39, 0.29) is 23.4 Å². The zero-order valence-electron chi connectivity index (χ0n) is 22.9. The van der Waals surface area contributed by atoms with Gasteiger partial charge in [0.1, 0.15) is 22.1 Å². The average molecular weight is 643 g/mol. The van der Waals surface area contributed by atoms with Crippen molar-refractivity contribution in [1.82, 2.24) is 0 Å². The van der Waals surface area contributed by atoms with Crippen LogP contribution >= 0.6 is 0 Å². The summed E-state index contributed by atoms with van der Waals surface area (Å²) in [5, 5.41) is 21.9. The molecule has 4 aromatic rings. The number of nitro groups is 2. The Morgan fingerprint density at radius 1 is 0.705 bits per heavy atom. The number of hydrogen-bond acceptors (Lipinski definition) is 12. The summed E-state index contributed by atoms with van der Waals surface area (Å²) in [6.07, 6.45) is 0.378. The number of ether oxygens (including phenoxy) is 1. The van der Waals surface area contributed by atoms with Gasteiger partial charge < -0.3 is 13.1 Å². The molecule has 0 radical (unpaired) electrons. The van der Waals surface area contributed by atoms with Gasteiger partial charge in [-0.3, -0.25) is 25.0 Å². The quantitative estimate of drug-likeness (QED) is 0.0863. The van der Waals surface area contributed by atoms with Crippen molar-refractivity contribution in [2.45, 2.75) is 30.2 Å². The third-order valence-electron chi connectivity index (χ3n) is 6.18. The number of carbonyl (C=O) groups is 1. The van der Waals surface area contributed by atoms with Crippen LogP contribution in [0.2, 0.25) is 0 Å². The maximum absolute atomic E-state index is 13.1. The minimum absolute atomic E-state index is 0.108. The Hall–Kier alpha value is -5.35. The van der Waals surface area contributed by atoms with Gasteiger partial charge in [0, 0.05) is 35.4 Å². The van der Waals surface area contributed by atoms with Crippen LogP contribution in [0.3, 0.4) is 0 Å². The number of nitro benzene ring substituents is 2. The Labute approximate surface area is 251 Å². The molecule has 0 saturated heterocycles. The van der Waals surface area contributed by atoms with Crippen molar-refractivity contribution in [1.29, 1.82) is 0 Å². The van der Waals surface area contributed by atoms with E-state index in [4.69, 9.17) is 13.1 Å². The highest BCUT2D eigenvalue weighted by Crippen LogP contribution is 2.36. The van der Waals surface area contributed by atoms with Crippen molar-refractivity contribution in [3.8, 4) is 17.2 Å². The van der Waals surface area contributed by atoms with Gasteiger partial charge in [-0.15, -0.1) is 0 Å². The van der Waals surface area contributed by atoms with Crippen LogP contribution in [0.15, 0.2) is 88.7 Å². The smallest absolute Gasteiger partial charge is 0.339 e. The number of para-hydroxylation sites is 1. The largest absolute Gasteiger partial charge is 0.488 e. The topological polar surface area (TPSA) is 199 Å². The van der Waals surface area contributed by atoms with Crippen molar-refractivity contribution >= 4 is 37.9 Å². The maximum atomic E-state index is 13.1. The summed E-state index contributed by atoms with van der Waals surface area (Å²) in [5.41, 5.74) is 0.775. The fourth-order valence-electron chi connectivity index (χ4n) is 3.96. The molecule has 0 aliphatic rings. The zero-order valence-corrected chi connectivity index (χ0v) is 24.5. The number of aryl methyl sites for hydroxylation is 2. The number of hydrogen-bond donors (Lipinski definition) is 0. The van der Waals surface area contributed by atoms with E-state index in [1.807, 2.05) is 6.07 Å². The molecule has 0 unspecified atom stereocenters. The first-order valence-corrected chi connectivity index (χ1v) is 15.2. The third-order valence-corrected chi connectivity index (χ3v) is 8.68. The molecule has 0 bridgehead atoms. The van der Waals surface area contributed by atoms with Crippen LogP contribution in [0.4, 0.5) is 11.4 Å². The lowest BCUT2D eigenvalue weighted by molar-refractivity contribution is -0.385. The first-order valence-electron chi connectivity index (χ1n) is 12.4. The van der Waals surface area contributed by atoms with Crippen LogP contribution < -0.4 is 13.1 Å². The van der Waals surface area contributed by atoms with Gasteiger partial charge in [-0.05, 0) is 61.4 Å². The fourth-order valence-corrected chi connectivity index (χ4v) is 5.83. The van der Waals surface area contributed by atoms with E-state index in [0.29, 0.717) is 12.0 Å². The monoisotopic (exact) mass is 642 g/mol. The van der Waals surface area contributed by atoms with Gasteiger partial charge in [0.05, 0.1) is 9.85 Å². The van der Waals surface area contributed by atoms with Gasteiger partial charge in [0.2, 0.25) is 0 Å². The van der Waals surface area contributed by atoms with Crippen LogP contribution in [0.25, 0.3) is 0 Å². The fraction of sp³-hybridized carbons (Fsp3) is 0.107. The summed E-state index contributed by atoms with van der Waals surface area (Å²) in [7, 11) is -9.47. The number of aldehydes is 1. The summed E-state index contributed by atoms with van der Waals surface area (Å²) in [6.45, 7) is 3.34. The molecule has 228 valence electrons. The highest BCUT2D eigenvalue weighted by Gasteiger charge is 2.26. The molecule has 44 heavy (non-hydrogen) atoms. The summed E-state index contributed by atoms with van der Waals surface area (Å²) >= 11 is 0. The number of benzene rings is 4. The Bertz CT molecular complexity index is 1950. The molecule has 0 atom stereocenters. The summed E-state index contributed by atoms with van der Waals surface area (Å²) in [5.74, 6) is -0.849. The van der Waals surface area contributed by atoms with Crippen LogP contribution in [0, 0.1) is 34.1 Å². The minimum atomic E-state index is -4.74. The van der Waals surface area contributed by atoms with E-state index < -0.39 is 57.1 Å². The first-order chi connectivity index (χ1) is 20.7. The molecule has 4 rings (SSSR count). The first kappa shape index (κ1) is 31.6. The Kier molecular flexibility index (Phi) is 8.96. The number of non-ortho nitro benzene ring substituents is 2. The third kappa shape index (κ3) is 6.99. The van der Waals surface area contributed by atoms with Crippen molar-refractivity contribution in [2.24, 2.45) is 0 Å². The molecular weight excluding hydrogens is 620 g/mol. The van der Waals surface area contributed by atoms with Gasteiger partial charge in [-0.2, -0.15) is 16.8 Å². The van der Waals surface area contributed by atoms with Crippen molar-refractivity contribution in [2.75, 3.05) is 0 Å². The van der Waals surface area contributed by atoms with E-state index in [0.717, 1.165) is 71.8 Å². The second-order valence-corrected chi connectivity index (χ2v) is 12.3. The van der Waals surface area contributed by atoms with Crippen molar-refractivity contribution in [3.63, 3.8) is 0 Å². The van der Waals surface area contributed by atoms with E-state index >= 15 is 0 Å². The molecule has 4 aromatic carbocycles. The lowest BCUT2D eigenvalue weighted by atomic mass is 10.1. The van der Waals surface area contributed by atoms with E-state index in [1.54, 1.807) is 26.0 Å². The van der Waals surface area contributed by atoms with Crippen LogP contribution in [-0.2, 0) is 26.8 Å². The van der Waals surface area contributed by atoms with Gasteiger partial charge in [0.15, 0.2) is 17.8 Å². The molecule has 14 nitrogen and oxygen atoms in total. The van der Waals surface area contributed by atoms with Gasteiger partial charge >= 0.3 is 20.2 Å². The van der Waals surface area contributed by atoms with Crippen LogP contribution in [0.5, 0.6) is 17.2 Å². The van der Waals surface area contributed by atoms with E-state index in [1.165, 1.54) is 0 Å². The maximum Gasteiger partial charge on any atom is 0.339 e. The molecular formula is C28H22N2O12S2. The van der Waals surface area contributed by atoms with Crippen LogP contribution in [0.1, 0.15) is 27.0 Å². The van der Waals surface area contributed by atoms with Crippen molar-refractivity contribution < 1.29 is 44.6 Å². The molecule has 16 heteroatoms. The molecule has 0 spiro atoms. The van der Waals surface area contributed by atoms with E-state index in [9.17, 15) is 41.9 Å². The SMILES string of the molecule is Cc1cccc(C)c1OCc1cc(OS(=O)(=O)c2ccc([N+](=O)[O-])cc2)c(OS(=O)(=O)c2ccc([N+](=O)[O-])cc2)cc1C=O. The molecule has 0 fully saturated rings.